The molecule has 2 heterocycles. The second-order valence-corrected chi connectivity index (χ2v) is 22.5. The molecule has 2 rings (SSSR count). The summed E-state index contributed by atoms with van der Waals surface area (Å²) in [5.74, 6) is -0.251. The van der Waals surface area contributed by atoms with E-state index in [4.69, 9.17) is 18.9 Å². The third-order valence-electron chi connectivity index (χ3n) is 15.4. The molecule has 0 radical (unpaired) electrons. The van der Waals surface area contributed by atoms with Crippen molar-refractivity contribution < 1.29 is 64.6 Å². The van der Waals surface area contributed by atoms with Crippen molar-refractivity contribution in [3.63, 3.8) is 0 Å². The maximum absolute atomic E-state index is 13.2. The smallest absolute Gasteiger partial charge is 0.220 e. The molecule has 0 spiro atoms. The van der Waals surface area contributed by atoms with Gasteiger partial charge in [-0.25, -0.2) is 0 Å². The number of allylic oxidation sites excluding steroid dienone is 9. The molecule has 0 aromatic carbocycles. The number of nitrogens with one attached hydrogen (secondary N) is 1. The van der Waals surface area contributed by atoms with E-state index >= 15 is 0 Å². The number of aliphatic hydroxyl groups excluding tert-OH is 8. The number of unbranched alkanes of at least 4 members (excludes halogenated alkanes) is 30. The minimum atomic E-state index is -1.79. The van der Waals surface area contributed by atoms with Gasteiger partial charge in [-0.3, -0.25) is 4.79 Å². The molecular weight excluding hydrogens is 1000 g/mol. The predicted octanol–water partition coefficient (Wildman–Crippen LogP) is 11.7. The lowest BCUT2D eigenvalue weighted by Gasteiger charge is -2.46. The highest BCUT2D eigenvalue weighted by Gasteiger charge is 2.51. The van der Waals surface area contributed by atoms with Crippen LogP contribution in [0.4, 0.5) is 0 Å². The fourth-order valence-electron chi connectivity index (χ4n) is 10.2. The Morgan fingerprint density at radius 3 is 1.37 bits per heavy atom. The van der Waals surface area contributed by atoms with Gasteiger partial charge in [0.25, 0.3) is 0 Å². The summed E-state index contributed by atoms with van der Waals surface area (Å²) in [5.41, 5.74) is 0. The predicted molar refractivity (Wildman–Crippen MR) is 318 cm³/mol. The Labute approximate surface area is 479 Å². The average Bonchev–Trinajstić information content (AvgIpc) is 3.54. The summed E-state index contributed by atoms with van der Waals surface area (Å²) in [5, 5.41) is 86.7. The molecule has 14 heteroatoms. The summed E-state index contributed by atoms with van der Waals surface area (Å²) < 4.78 is 22.7. The summed E-state index contributed by atoms with van der Waals surface area (Å²) in [6.07, 6.45) is 49.1. The molecule has 0 aliphatic carbocycles. The Morgan fingerprint density at radius 1 is 0.456 bits per heavy atom. The number of rotatable bonds is 51. The van der Waals surface area contributed by atoms with E-state index in [9.17, 15) is 45.6 Å². The van der Waals surface area contributed by atoms with Gasteiger partial charge < -0.3 is 65.1 Å². The highest BCUT2D eigenvalue weighted by molar-refractivity contribution is 5.76. The monoisotopic (exact) mass is 1120 g/mol. The molecule has 0 aromatic rings. The number of hydrogen-bond donors (Lipinski definition) is 9. The number of aliphatic hydroxyl groups is 8. The van der Waals surface area contributed by atoms with Gasteiger partial charge in [-0.15, -0.1) is 0 Å². The van der Waals surface area contributed by atoms with Crippen LogP contribution in [0.5, 0.6) is 0 Å². The molecule has 79 heavy (non-hydrogen) atoms. The van der Waals surface area contributed by atoms with Gasteiger partial charge in [-0.05, 0) is 64.2 Å². The lowest BCUT2D eigenvalue weighted by molar-refractivity contribution is -0.359. The van der Waals surface area contributed by atoms with Crippen molar-refractivity contribution in [2.24, 2.45) is 0 Å². The Morgan fingerprint density at radius 2 is 0.861 bits per heavy atom. The molecule has 2 aliphatic rings. The van der Waals surface area contributed by atoms with Crippen LogP contribution < -0.4 is 5.32 Å². The third kappa shape index (κ3) is 35.4. The topological polar surface area (TPSA) is 228 Å². The van der Waals surface area contributed by atoms with Crippen molar-refractivity contribution in [3.05, 3.63) is 60.8 Å². The maximum atomic E-state index is 13.2. The molecule has 2 fully saturated rings. The van der Waals surface area contributed by atoms with E-state index < -0.39 is 86.8 Å². The SMILES string of the molecule is CCCC/C=C/CC/C=C/C(O)C(COC1OC(CO)C(OC2OC(CO)C(O)C(O)C2O)C(O)C1O)NC(=O)CCCCCCCCCCCCCCCCCCCCCCCC/C=C\C/C=C\C/C=C\CCCCCCC. The minimum Gasteiger partial charge on any atom is -0.394 e. The van der Waals surface area contributed by atoms with E-state index in [1.165, 1.54) is 161 Å². The Hall–Kier alpha value is -2.31. The standard InChI is InChI=1S/C65H117NO13/c1-3-5-7-9-11-13-14-15-16-17-18-19-20-21-22-23-24-25-26-27-28-29-30-31-32-33-34-35-36-37-38-39-40-41-43-45-47-49-57(70)66-53(54(69)48-46-44-42-12-10-8-6-4-2)52-76-64-62(75)60(73)63(56(51-68)78-64)79-65-61(74)59(72)58(71)55(50-67)77-65/h10,12,14-15,17-18,20-21,46,48,53-56,58-65,67-69,71-75H,3-9,11,13,16,19,22-45,47,49-52H2,1-2H3,(H,66,70)/b12-10+,15-14-,18-17-,21-20-,48-46+. The van der Waals surface area contributed by atoms with Crippen molar-refractivity contribution >= 4 is 5.91 Å². The van der Waals surface area contributed by atoms with E-state index in [1.54, 1.807) is 6.08 Å². The van der Waals surface area contributed by atoms with Crippen LogP contribution in [0.25, 0.3) is 0 Å². The van der Waals surface area contributed by atoms with Crippen molar-refractivity contribution in [3.8, 4) is 0 Å². The van der Waals surface area contributed by atoms with Gasteiger partial charge >= 0.3 is 0 Å². The second-order valence-electron chi connectivity index (χ2n) is 22.5. The maximum Gasteiger partial charge on any atom is 0.220 e. The van der Waals surface area contributed by atoms with Gasteiger partial charge in [0, 0.05) is 6.42 Å². The number of carbonyl (C=O) groups excluding carboxylic acids is 1. The van der Waals surface area contributed by atoms with Crippen LogP contribution in [0.15, 0.2) is 60.8 Å². The van der Waals surface area contributed by atoms with Crippen LogP contribution in [-0.4, -0.2) is 140 Å². The molecule has 0 aromatic heterocycles. The molecule has 12 unspecified atom stereocenters. The summed E-state index contributed by atoms with van der Waals surface area (Å²) >= 11 is 0. The molecule has 14 nitrogen and oxygen atoms in total. The van der Waals surface area contributed by atoms with Crippen molar-refractivity contribution in [2.45, 2.75) is 325 Å². The molecule has 0 bridgehead atoms. The first-order valence-electron chi connectivity index (χ1n) is 32.0. The minimum absolute atomic E-state index is 0.251. The van der Waals surface area contributed by atoms with E-state index in [0.717, 1.165) is 57.8 Å². The van der Waals surface area contributed by atoms with Gasteiger partial charge in [0.15, 0.2) is 12.6 Å². The summed E-state index contributed by atoms with van der Waals surface area (Å²) in [7, 11) is 0. The lowest BCUT2D eigenvalue weighted by atomic mass is 9.97. The van der Waals surface area contributed by atoms with Gasteiger partial charge in [0.1, 0.15) is 48.8 Å². The van der Waals surface area contributed by atoms with Crippen LogP contribution in [0.3, 0.4) is 0 Å². The number of amides is 1. The van der Waals surface area contributed by atoms with Gasteiger partial charge in [-0.2, -0.15) is 0 Å². The van der Waals surface area contributed by atoms with Crippen molar-refractivity contribution in [1.82, 2.24) is 5.32 Å². The molecule has 460 valence electrons. The lowest BCUT2D eigenvalue weighted by Crippen LogP contribution is -2.65. The fraction of sp³-hybridized carbons (Fsp3) is 0.831. The van der Waals surface area contributed by atoms with Crippen molar-refractivity contribution in [2.75, 3.05) is 19.8 Å². The second kappa shape index (κ2) is 50.2. The fourth-order valence-corrected chi connectivity index (χ4v) is 10.2. The van der Waals surface area contributed by atoms with E-state index in [-0.39, 0.29) is 18.9 Å². The molecule has 1 amide bonds. The largest absolute Gasteiger partial charge is 0.394 e. The zero-order valence-corrected chi connectivity index (χ0v) is 49.6. The van der Waals surface area contributed by atoms with Crippen LogP contribution in [0.2, 0.25) is 0 Å². The van der Waals surface area contributed by atoms with Crippen LogP contribution in [0.1, 0.15) is 251 Å². The van der Waals surface area contributed by atoms with E-state index in [0.29, 0.717) is 12.8 Å². The van der Waals surface area contributed by atoms with Gasteiger partial charge in [0.2, 0.25) is 5.91 Å². The summed E-state index contributed by atoms with van der Waals surface area (Å²) in [4.78, 5) is 13.2. The van der Waals surface area contributed by atoms with Crippen LogP contribution >= 0.6 is 0 Å². The Kier molecular flexibility index (Phi) is 46.3. The Balaban J connectivity index is 1.53. The van der Waals surface area contributed by atoms with Gasteiger partial charge in [0.05, 0.1) is 32.0 Å². The number of carbonyl (C=O) groups is 1. The summed E-state index contributed by atoms with van der Waals surface area (Å²) in [6, 6.07) is -0.929. The molecule has 9 N–H and O–H groups in total. The highest BCUT2D eigenvalue weighted by Crippen LogP contribution is 2.30. The van der Waals surface area contributed by atoms with E-state index in [1.807, 2.05) is 6.08 Å². The molecule has 12 atom stereocenters. The first-order chi connectivity index (χ1) is 38.6. The first-order valence-corrected chi connectivity index (χ1v) is 32.0. The quantitative estimate of drug-likeness (QED) is 0.0204. The Bertz CT molecular complexity index is 1560. The van der Waals surface area contributed by atoms with E-state index in [2.05, 4.69) is 67.8 Å². The average molecular weight is 1120 g/mol. The third-order valence-corrected chi connectivity index (χ3v) is 15.4. The van der Waals surface area contributed by atoms with Gasteiger partial charge in [-0.1, -0.05) is 242 Å². The van der Waals surface area contributed by atoms with Crippen LogP contribution in [0, 0.1) is 0 Å². The highest BCUT2D eigenvalue weighted by atomic mass is 16.7. The molecule has 2 aliphatic heterocycles. The number of ether oxygens (including phenoxy) is 4. The zero-order chi connectivity index (χ0) is 57.4. The van der Waals surface area contributed by atoms with Crippen molar-refractivity contribution in [1.29, 1.82) is 0 Å². The summed E-state index contributed by atoms with van der Waals surface area (Å²) in [6.45, 7) is 2.68. The molecular formula is C65H117NO13. The first kappa shape index (κ1) is 72.8. The zero-order valence-electron chi connectivity index (χ0n) is 49.6. The normalized spacial score (nSPS) is 24.8. The van der Waals surface area contributed by atoms with Crippen LogP contribution in [-0.2, 0) is 23.7 Å². The number of hydrogen-bond acceptors (Lipinski definition) is 13. The molecule has 0 saturated carbocycles. The molecule has 2 saturated heterocycles.